The summed E-state index contributed by atoms with van der Waals surface area (Å²) in [5, 5.41) is 0. The first-order chi connectivity index (χ1) is 14.2. The number of rotatable bonds is 5. The van der Waals surface area contributed by atoms with Crippen molar-refractivity contribution in [1.82, 2.24) is 14.8 Å². The maximum Gasteiger partial charge on any atom is 0.254 e. The number of oxazole rings is 1. The third-order valence-electron chi connectivity index (χ3n) is 5.58. The third-order valence-corrected chi connectivity index (χ3v) is 5.58. The van der Waals surface area contributed by atoms with E-state index in [1.54, 1.807) is 24.1 Å². The number of hydrogen-bond acceptors (Lipinski definition) is 6. The van der Waals surface area contributed by atoms with Crippen molar-refractivity contribution < 1.29 is 23.5 Å². The van der Waals surface area contributed by atoms with Crippen molar-refractivity contribution in [3.8, 4) is 0 Å². The summed E-state index contributed by atoms with van der Waals surface area (Å²) >= 11 is 0. The van der Waals surface area contributed by atoms with Crippen LogP contribution in [0.3, 0.4) is 0 Å². The molecular formula is C21H27N3O5. The predicted octanol–water partition coefficient (Wildman–Crippen LogP) is 1.73. The number of benzene rings is 1. The topological polar surface area (TPSA) is 85.1 Å². The molecule has 2 aliphatic heterocycles. The number of piperidine rings is 1. The van der Waals surface area contributed by atoms with Gasteiger partial charge in [-0.3, -0.25) is 9.59 Å². The van der Waals surface area contributed by atoms with Crippen LogP contribution >= 0.6 is 0 Å². The molecule has 8 heteroatoms. The Morgan fingerprint density at radius 3 is 2.83 bits per heavy atom. The molecule has 2 aromatic rings. The standard InChI is InChI=1S/C21H27N3O5/c1-27-10-6-19-22-17-5-4-15(13-18(17)29-19)20(25)24-7-2-3-16(14-24)21(26)23-8-11-28-12-9-23/h4-5,13,16H,2-3,6-12,14H2,1H3. The molecule has 8 nitrogen and oxygen atoms in total. The van der Waals surface area contributed by atoms with Gasteiger partial charge < -0.3 is 23.7 Å². The number of carbonyl (C=O) groups is 2. The van der Waals surface area contributed by atoms with Gasteiger partial charge in [0.2, 0.25) is 5.91 Å². The number of methoxy groups -OCH3 is 1. The number of fused-ring (bicyclic) bond motifs is 1. The van der Waals surface area contributed by atoms with E-state index in [1.165, 1.54) is 0 Å². The zero-order valence-corrected chi connectivity index (χ0v) is 16.8. The largest absolute Gasteiger partial charge is 0.441 e. The van der Waals surface area contributed by atoms with E-state index in [0.717, 1.165) is 18.4 Å². The van der Waals surface area contributed by atoms with Gasteiger partial charge in [-0.25, -0.2) is 4.98 Å². The van der Waals surface area contributed by atoms with E-state index >= 15 is 0 Å². The molecule has 29 heavy (non-hydrogen) atoms. The first-order valence-electron chi connectivity index (χ1n) is 10.2. The molecule has 1 unspecified atom stereocenters. The van der Waals surface area contributed by atoms with Gasteiger partial charge in [-0.1, -0.05) is 0 Å². The van der Waals surface area contributed by atoms with Crippen molar-refractivity contribution in [2.24, 2.45) is 5.92 Å². The van der Waals surface area contributed by atoms with Crippen LogP contribution in [0.15, 0.2) is 22.6 Å². The second-order valence-corrected chi connectivity index (χ2v) is 7.56. The highest BCUT2D eigenvalue weighted by atomic mass is 16.5. The van der Waals surface area contributed by atoms with Crippen LogP contribution in [0.2, 0.25) is 0 Å². The monoisotopic (exact) mass is 401 g/mol. The van der Waals surface area contributed by atoms with E-state index in [1.807, 2.05) is 11.0 Å². The quantitative estimate of drug-likeness (QED) is 0.759. The fourth-order valence-corrected chi connectivity index (χ4v) is 3.99. The van der Waals surface area contributed by atoms with Gasteiger partial charge in [-0.05, 0) is 31.0 Å². The van der Waals surface area contributed by atoms with Crippen LogP contribution in [0, 0.1) is 5.92 Å². The van der Waals surface area contributed by atoms with E-state index in [9.17, 15) is 9.59 Å². The van der Waals surface area contributed by atoms with Gasteiger partial charge in [0, 0.05) is 45.3 Å². The number of carbonyl (C=O) groups excluding carboxylic acids is 2. The Kier molecular flexibility index (Phi) is 6.10. The summed E-state index contributed by atoms with van der Waals surface area (Å²) in [6.07, 6.45) is 2.24. The van der Waals surface area contributed by atoms with Crippen LogP contribution in [0.5, 0.6) is 0 Å². The van der Waals surface area contributed by atoms with E-state index < -0.39 is 0 Å². The molecule has 2 amide bonds. The van der Waals surface area contributed by atoms with Crippen molar-refractivity contribution in [2.45, 2.75) is 19.3 Å². The Morgan fingerprint density at radius 1 is 1.21 bits per heavy atom. The predicted molar refractivity (Wildman–Crippen MR) is 106 cm³/mol. The second-order valence-electron chi connectivity index (χ2n) is 7.56. The molecule has 0 bridgehead atoms. The molecular weight excluding hydrogens is 374 g/mol. The molecule has 2 fully saturated rings. The van der Waals surface area contributed by atoms with Gasteiger partial charge in [0.1, 0.15) is 5.52 Å². The lowest BCUT2D eigenvalue weighted by molar-refractivity contribution is -0.141. The summed E-state index contributed by atoms with van der Waals surface area (Å²) in [7, 11) is 1.63. The SMILES string of the molecule is COCCc1nc2ccc(C(=O)N3CCCC(C(=O)N4CCOCC4)C3)cc2o1. The van der Waals surface area contributed by atoms with E-state index in [4.69, 9.17) is 13.9 Å². The summed E-state index contributed by atoms with van der Waals surface area (Å²) in [4.78, 5) is 34.0. The number of nitrogens with zero attached hydrogens (tertiary/aromatic N) is 3. The molecule has 0 N–H and O–H groups in total. The minimum absolute atomic E-state index is 0.0683. The summed E-state index contributed by atoms with van der Waals surface area (Å²) in [6, 6.07) is 5.33. The summed E-state index contributed by atoms with van der Waals surface area (Å²) in [5.41, 5.74) is 1.89. The number of ether oxygens (including phenoxy) is 2. The number of amides is 2. The maximum atomic E-state index is 13.1. The van der Waals surface area contributed by atoms with E-state index in [-0.39, 0.29) is 17.7 Å². The molecule has 4 rings (SSSR count). The highest BCUT2D eigenvalue weighted by Gasteiger charge is 2.32. The smallest absolute Gasteiger partial charge is 0.254 e. The summed E-state index contributed by atoms with van der Waals surface area (Å²) < 4.78 is 16.1. The van der Waals surface area contributed by atoms with E-state index in [0.29, 0.717) is 69.5 Å². The lowest BCUT2D eigenvalue weighted by atomic mass is 9.95. The van der Waals surface area contributed by atoms with Crippen molar-refractivity contribution in [2.75, 3.05) is 53.1 Å². The van der Waals surface area contributed by atoms with Gasteiger partial charge in [0.05, 0.1) is 25.7 Å². The van der Waals surface area contributed by atoms with Gasteiger partial charge in [0.25, 0.3) is 5.91 Å². The van der Waals surface area contributed by atoms with Crippen LogP contribution in [0.4, 0.5) is 0 Å². The van der Waals surface area contributed by atoms with Crippen molar-refractivity contribution in [3.05, 3.63) is 29.7 Å². The molecule has 1 atom stereocenters. The summed E-state index contributed by atoms with van der Waals surface area (Å²) in [6.45, 7) is 4.11. The lowest BCUT2D eigenvalue weighted by Gasteiger charge is -2.36. The van der Waals surface area contributed by atoms with E-state index in [2.05, 4.69) is 4.98 Å². The molecule has 0 spiro atoms. The first kappa shape index (κ1) is 19.8. The van der Waals surface area contributed by atoms with Gasteiger partial charge in [0.15, 0.2) is 11.5 Å². The molecule has 1 aromatic heterocycles. The zero-order chi connectivity index (χ0) is 20.2. The van der Waals surface area contributed by atoms with Crippen molar-refractivity contribution in [1.29, 1.82) is 0 Å². The number of hydrogen-bond donors (Lipinski definition) is 0. The fraction of sp³-hybridized carbons (Fsp3) is 0.571. The molecule has 1 aromatic carbocycles. The van der Waals surface area contributed by atoms with Gasteiger partial charge in [-0.15, -0.1) is 0 Å². The highest BCUT2D eigenvalue weighted by molar-refractivity contribution is 5.97. The maximum absolute atomic E-state index is 13.1. The van der Waals surface area contributed by atoms with Gasteiger partial charge >= 0.3 is 0 Å². The van der Waals surface area contributed by atoms with Crippen molar-refractivity contribution in [3.63, 3.8) is 0 Å². The molecule has 3 heterocycles. The average Bonchev–Trinajstić information content (AvgIpc) is 3.19. The molecule has 0 radical (unpaired) electrons. The van der Waals surface area contributed by atoms with Crippen molar-refractivity contribution >= 4 is 22.9 Å². The molecule has 2 saturated heterocycles. The molecule has 156 valence electrons. The Morgan fingerprint density at radius 2 is 2.03 bits per heavy atom. The van der Waals surface area contributed by atoms with Gasteiger partial charge in [-0.2, -0.15) is 0 Å². The Labute approximate surface area is 169 Å². The third kappa shape index (κ3) is 4.43. The average molecular weight is 401 g/mol. The van der Waals surface area contributed by atoms with Crippen LogP contribution in [0.1, 0.15) is 29.1 Å². The summed E-state index contributed by atoms with van der Waals surface area (Å²) in [5.74, 6) is 0.529. The minimum atomic E-state index is -0.138. The normalized spacial score (nSPS) is 20.2. The Hall–Kier alpha value is -2.45. The number of morpholine rings is 1. The first-order valence-corrected chi connectivity index (χ1v) is 10.2. The van der Waals surface area contributed by atoms with Crippen LogP contribution in [0.25, 0.3) is 11.1 Å². The Balaban J connectivity index is 1.44. The van der Waals surface area contributed by atoms with Crippen LogP contribution < -0.4 is 0 Å². The lowest BCUT2D eigenvalue weighted by Crippen LogP contribution is -2.49. The molecule has 0 aliphatic carbocycles. The Bertz CT molecular complexity index is 874. The highest BCUT2D eigenvalue weighted by Crippen LogP contribution is 2.23. The number of likely N-dealkylation sites (tertiary alicyclic amines) is 1. The number of aromatic nitrogens is 1. The zero-order valence-electron chi connectivity index (χ0n) is 16.8. The van der Waals surface area contributed by atoms with Crippen LogP contribution in [-0.2, 0) is 20.7 Å². The fourth-order valence-electron chi connectivity index (χ4n) is 3.99. The minimum Gasteiger partial charge on any atom is -0.441 e. The molecule has 2 aliphatic rings. The van der Waals surface area contributed by atoms with Crippen LogP contribution in [-0.4, -0.2) is 79.7 Å². The second kappa shape index (κ2) is 8.92. The molecule has 0 saturated carbocycles.